The highest BCUT2D eigenvalue weighted by molar-refractivity contribution is 5.78. The number of carbonyl (C=O) groups is 1. The van der Waals surface area contributed by atoms with Crippen molar-refractivity contribution >= 4 is 5.91 Å². The van der Waals surface area contributed by atoms with Gasteiger partial charge in [0.05, 0.1) is 25.8 Å². The first-order valence-corrected chi connectivity index (χ1v) is 7.93. The Bertz CT molecular complexity index is 465. The van der Waals surface area contributed by atoms with Gasteiger partial charge in [-0.25, -0.2) is 0 Å². The molecular formula is C17H27N3O2. The summed E-state index contributed by atoms with van der Waals surface area (Å²) in [5, 5.41) is 3.18. The third kappa shape index (κ3) is 5.73. The number of amides is 1. The van der Waals surface area contributed by atoms with Gasteiger partial charge < -0.3 is 10.1 Å². The number of nitrogens with zero attached hydrogens (tertiary/aromatic N) is 2. The molecule has 1 N–H and O–H groups in total. The molecule has 22 heavy (non-hydrogen) atoms. The molecule has 0 bridgehead atoms. The second kappa shape index (κ2) is 7.70. The molecule has 2 rings (SSSR count). The molecule has 0 radical (unpaired) electrons. The zero-order valence-corrected chi connectivity index (χ0v) is 13.8. The molecule has 1 amide bonds. The van der Waals surface area contributed by atoms with Crippen LogP contribution in [-0.4, -0.2) is 48.6 Å². The topological polar surface area (TPSA) is 54.5 Å². The predicted octanol–water partition coefficient (Wildman–Crippen LogP) is 2.01. The molecule has 2 heterocycles. The molecule has 1 aromatic rings. The van der Waals surface area contributed by atoms with Gasteiger partial charge in [-0.1, -0.05) is 26.8 Å². The lowest BCUT2D eigenvalue weighted by molar-refractivity contribution is -0.124. The van der Waals surface area contributed by atoms with Gasteiger partial charge in [-0.3, -0.25) is 14.7 Å². The Labute approximate surface area is 133 Å². The minimum absolute atomic E-state index is 0.00207. The molecule has 1 unspecified atom stereocenters. The summed E-state index contributed by atoms with van der Waals surface area (Å²) in [6.07, 6.45) is 4.48. The Hall–Kier alpha value is -1.46. The zero-order valence-electron chi connectivity index (χ0n) is 13.8. The van der Waals surface area contributed by atoms with Crippen LogP contribution in [0.1, 0.15) is 38.8 Å². The van der Waals surface area contributed by atoms with Crippen molar-refractivity contribution in [2.24, 2.45) is 5.41 Å². The number of pyridine rings is 1. The van der Waals surface area contributed by atoms with Crippen molar-refractivity contribution in [3.63, 3.8) is 0 Å². The van der Waals surface area contributed by atoms with E-state index < -0.39 is 0 Å². The third-order valence-electron chi connectivity index (χ3n) is 3.71. The number of hydrogen-bond donors (Lipinski definition) is 1. The second-order valence-corrected chi connectivity index (χ2v) is 7.06. The highest BCUT2D eigenvalue weighted by Crippen LogP contribution is 2.29. The maximum absolute atomic E-state index is 12.4. The second-order valence-electron chi connectivity index (χ2n) is 7.06. The van der Waals surface area contributed by atoms with Crippen molar-refractivity contribution in [3.8, 4) is 0 Å². The fourth-order valence-electron chi connectivity index (χ4n) is 2.65. The summed E-state index contributed by atoms with van der Waals surface area (Å²) in [5.41, 5.74) is 1.19. The van der Waals surface area contributed by atoms with E-state index in [1.54, 1.807) is 6.20 Å². The molecule has 0 aliphatic carbocycles. The number of aromatic nitrogens is 1. The summed E-state index contributed by atoms with van der Waals surface area (Å²) in [6, 6.07) is 3.94. The van der Waals surface area contributed by atoms with Gasteiger partial charge in [-0.15, -0.1) is 0 Å². The lowest BCUT2D eigenvalue weighted by atomic mass is 9.86. The summed E-state index contributed by atoms with van der Waals surface area (Å²) < 4.78 is 5.32. The van der Waals surface area contributed by atoms with Crippen LogP contribution in [0.4, 0.5) is 0 Å². The highest BCUT2D eigenvalue weighted by atomic mass is 16.5. The lowest BCUT2D eigenvalue weighted by Crippen LogP contribution is -2.44. The van der Waals surface area contributed by atoms with E-state index in [0.29, 0.717) is 19.8 Å². The highest BCUT2D eigenvalue weighted by Gasteiger charge is 2.23. The van der Waals surface area contributed by atoms with Gasteiger partial charge in [0.2, 0.25) is 5.91 Å². The van der Waals surface area contributed by atoms with E-state index in [1.807, 2.05) is 18.3 Å². The normalized spacial score (nSPS) is 18.0. The SMILES string of the molecule is CC(C)(C)CC(NC(=O)CN1CCOCC1)c1cccnc1. The summed E-state index contributed by atoms with van der Waals surface area (Å²) in [5.74, 6) is 0.0694. The standard InChI is InChI=1S/C17H27N3O2/c1-17(2,3)11-15(14-5-4-6-18-12-14)19-16(21)13-20-7-9-22-10-8-20/h4-6,12,15H,7-11,13H2,1-3H3,(H,19,21). The largest absolute Gasteiger partial charge is 0.379 e. The molecule has 1 saturated heterocycles. The van der Waals surface area contributed by atoms with Crippen LogP contribution in [0.15, 0.2) is 24.5 Å². The van der Waals surface area contributed by atoms with Crippen molar-refractivity contribution in [2.75, 3.05) is 32.8 Å². The van der Waals surface area contributed by atoms with Crippen molar-refractivity contribution in [2.45, 2.75) is 33.2 Å². The molecule has 1 atom stereocenters. The Morgan fingerprint density at radius 1 is 1.41 bits per heavy atom. The number of rotatable bonds is 5. The quantitative estimate of drug-likeness (QED) is 0.904. The number of ether oxygens (including phenoxy) is 1. The maximum Gasteiger partial charge on any atom is 0.234 e. The third-order valence-corrected chi connectivity index (χ3v) is 3.71. The minimum atomic E-state index is 0.00207. The van der Waals surface area contributed by atoms with E-state index in [0.717, 1.165) is 25.1 Å². The van der Waals surface area contributed by atoms with Gasteiger partial charge in [0, 0.05) is 25.5 Å². The van der Waals surface area contributed by atoms with E-state index in [2.05, 4.69) is 36.0 Å². The van der Waals surface area contributed by atoms with Crippen LogP contribution in [0.5, 0.6) is 0 Å². The molecule has 1 fully saturated rings. The van der Waals surface area contributed by atoms with Crippen LogP contribution in [0.25, 0.3) is 0 Å². The van der Waals surface area contributed by atoms with Crippen LogP contribution in [0, 0.1) is 5.41 Å². The summed E-state index contributed by atoms with van der Waals surface area (Å²) in [4.78, 5) is 18.7. The number of nitrogens with one attached hydrogen (secondary N) is 1. The molecule has 1 aliphatic rings. The fraction of sp³-hybridized carbons (Fsp3) is 0.647. The first kappa shape index (κ1) is 16.9. The van der Waals surface area contributed by atoms with Gasteiger partial charge in [0.15, 0.2) is 0 Å². The minimum Gasteiger partial charge on any atom is -0.379 e. The average Bonchev–Trinajstić information content (AvgIpc) is 2.47. The Morgan fingerprint density at radius 3 is 2.73 bits per heavy atom. The summed E-state index contributed by atoms with van der Waals surface area (Å²) >= 11 is 0. The first-order valence-electron chi connectivity index (χ1n) is 7.93. The van der Waals surface area contributed by atoms with Crippen LogP contribution < -0.4 is 5.32 Å². The van der Waals surface area contributed by atoms with Crippen molar-refractivity contribution in [1.82, 2.24) is 15.2 Å². The zero-order chi connectivity index (χ0) is 16.0. The van der Waals surface area contributed by atoms with E-state index in [-0.39, 0.29) is 17.4 Å². The molecular weight excluding hydrogens is 278 g/mol. The van der Waals surface area contributed by atoms with E-state index in [9.17, 15) is 4.79 Å². The number of hydrogen-bond acceptors (Lipinski definition) is 4. The fourth-order valence-corrected chi connectivity index (χ4v) is 2.65. The molecule has 5 heteroatoms. The van der Waals surface area contributed by atoms with Crippen LogP contribution in [0.2, 0.25) is 0 Å². The maximum atomic E-state index is 12.4. The number of morpholine rings is 1. The van der Waals surface area contributed by atoms with Gasteiger partial charge in [0.1, 0.15) is 0 Å². The van der Waals surface area contributed by atoms with Gasteiger partial charge in [-0.2, -0.15) is 0 Å². The monoisotopic (exact) mass is 305 g/mol. The summed E-state index contributed by atoms with van der Waals surface area (Å²) in [6.45, 7) is 10.1. The van der Waals surface area contributed by atoms with E-state index >= 15 is 0 Å². The van der Waals surface area contributed by atoms with Gasteiger partial charge >= 0.3 is 0 Å². The Morgan fingerprint density at radius 2 is 2.14 bits per heavy atom. The summed E-state index contributed by atoms with van der Waals surface area (Å²) in [7, 11) is 0. The lowest BCUT2D eigenvalue weighted by Gasteiger charge is -2.29. The molecule has 0 saturated carbocycles. The first-order chi connectivity index (χ1) is 10.4. The molecule has 0 spiro atoms. The van der Waals surface area contributed by atoms with Crippen LogP contribution in [0.3, 0.4) is 0 Å². The van der Waals surface area contributed by atoms with Crippen molar-refractivity contribution < 1.29 is 9.53 Å². The van der Waals surface area contributed by atoms with Gasteiger partial charge in [0.25, 0.3) is 0 Å². The Kier molecular flexibility index (Phi) is 5.91. The smallest absolute Gasteiger partial charge is 0.234 e. The molecule has 1 aromatic heterocycles. The molecule has 122 valence electrons. The van der Waals surface area contributed by atoms with E-state index in [1.165, 1.54) is 0 Å². The van der Waals surface area contributed by atoms with Crippen LogP contribution in [-0.2, 0) is 9.53 Å². The average molecular weight is 305 g/mol. The molecule has 1 aliphatic heterocycles. The van der Waals surface area contributed by atoms with Crippen molar-refractivity contribution in [3.05, 3.63) is 30.1 Å². The Balaban J connectivity index is 1.97. The van der Waals surface area contributed by atoms with Gasteiger partial charge in [-0.05, 0) is 23.5 Å². The molecule has 5 nitrogen and oxygen atoms in total. The predicted molar refractivity (Wildman–Crippen MR) is 86.5 cm³/mol. The molecule has 0 aromatic carbocycles. The number of carbonyl (C=O) groups excluding carboxylic acids is 1. The van der Waals surface area contributed by atoms with Crippen LogP contribution >= 0.6 is 0 Å². The van der Waals surface area contributed by atoms with Crippen molar-refractivity contribution in [1.29, 1.82) is 0 Å². The van der Waals surface area contributed by atoms with E-state index in [4.69, 9.17) is 4.74 Å².